The average molecular weight is 402 g/mol. The largest absolute Gasteiger partial charge is 0.342 e. The number of aromatic nitrogens is 2. The summed E-state index contributed by atoms with van der Waals surface area (Å²) in [7, 11) is 0. The molecule has 0 radical (unpaired) electrons. The molecule has 1 aromatic heterocycles. The Labute approximate surface area is 166 Å². The van der Waals surface area contributed by atoms with Crippen molar-refractivity contribution in [1.29, 1.82) is 0 Å². The van der Waals surface area contributed by atoms with E-state index in [4.69, 9.17) is 11.6 Å². The highest BCUT2D eigenvalue weighted by molar-refractivity contribution is 6.31. The number of halogens is 1. The van der Waals surface area contributed by atoms with Crippen molar-refractivity contribution in [2.75, 3.05) is 28.6 Å². The minimum atomic E-state index is -0.925. The zero-order valence-electron chi connectivity index (χ0n) is 15.3. The van der Waals surface area contributed by atoms with Gasteiger partial charge in [0.15, 0.2) is 0 Å². The van der Waals surface area contributed by atoms with Crippen LogP contribution >= 0.6 is 11.6 Å². The van der Waals surface area contributed by atoms with Crippen molar-refractivity contribution >= 4 is 40.9 Å². The maximum absolute atomic E-state index is 12.9. The van der Waals surface area contributed by atoms with Gasteiger partial charge in [-0.1, -0.05) is 17.7 Å². The lowest BCUT2D eigenvalue weighted by Gasteiger charge is -2.25. The van der Waals surface area contributed by atoms with E-state index in [-0.39, 0.29) is 23.7 Å². The Morgan fingerprint density at radius 3 is 2.79 bits per heavy atom. The van der Waals surface area contributed by atoms with Crippen LogP contribution in [-0.2, 0) is 9.59 Å². The monoisotopic (exact) mass is 401 g/mol. The summed E-state index contributed by atoms with van der Waals surface area (Å²) >= 11 is 6.11. The minimum Gasteiger partial charge on any atom is -0.342 e. The molecule has 2 aliphatic heterocycles. The van der Waals surface area contributed by atoms with E-state index in [2.05, 4.69) is 20.6 Å². The lowest BCUT2D eigenvalue weighted by Crippen LogP contribution is -2.37. The normalized spacial score (nSPS) is 18.6. The van der Waals surface area contributed by atoms with Crippen molar-refractivity contribution in [3.05, 3.63) is 44.7 Å². The number of nitrogens with zero attached hydrogens (tertiary/aromatic N) is 2. The summed E-state index contributed by atoms with van der Waals surface area (Å²) in [6.07, 6.45) is 1.93. The molecule has 146 valence electrons. The van der Waals surface area contributed by atoms with Gasteiger partial charge < -0.3 is 15.5 Å². The molecule has 3 N–H and O–H groups in total. The van der Waals surface area contributed by atoms with E-state index < -0.39 is 17.4 Å². The molecule has 2 amide bonds. The van der Waals surface area contributed by atoms with E-state index in [1.165, 1.54) is 0 Å². The van der Waals surface area contributed by atoms with E-state index >= 15 is 0 Å². The van der Waals surface area contributed by atoms with E-state index in [9.17, 15) is 14.4 Å². The quantitative estimate of drug-likeness (QED) is 0.732. The molecule has 4 rings (SSSR count). The first-order valence-electron chi connectivity index (χ1n) is 9.19. The number of amides is 2. The Morgan fingerprint density at radius 2 is 2.04 bits per heavy atom. The highest BCUT2D eigenvalue weighted by atomic mass is 35.5. The Kier molecular flexibility index (Phi) is 4.80. The fourth-order valence-electron chi connectivity index (χ4n) is 3.62. The van der Waals surface area contributed by atoms with Crippen molar-refractivity contribution in [1.82, 2.24) is 9.97 Å². The summed E-state index contributed by atoms with van der Waals surface area (Å²) in [6.45, 7) is 3.39. The highest BCUT2D eigenvalue weighted by Crippen LogP contribution is 2.31. The van der Waals surface area contributed by atoms with Crippen LogP contribution in [0, 0.1) is 6.92 Å². The molecule has 0 spiro atoms. The SMILES string of the molecule is Cc1c(Cl)cccc1NC(=O)[C@H]1CC(=O)Nc2nc(N3CCCC3)[nH]c(=O)c21. The number of aromatic amines is 1. The summed E-state index contributed by atoms with van der Waals surface area (Å²) in [5, 5.41) is 5.94. The summed E-state index contributed by atoms with van der Waals surface area (Å²) in [5.74, 6) is -1.13. The zero-order valence-corrected chi connectivity index (χ0v) is 16.1. The molecule has 0 unspecified atom stereocenters. The fourth-order valence-corrected chi connectivity index (χ4v) is 3.80. The van der Waals surface area contributed by atoms with Crippen LogP contribution in [0.25, 0.3) is 0 Å². The van der Waals surface area contributed by atoms with Crippen LogP contribution in [0.5, 0.6) is 0 Å². The van der Waals surface area contributed by atoms with Gasteiger partial charge in [-0.05, 0) is 37.5 Å². The van der Waals surface area contributed by atoms with Crippen molar-refractivity contribution in [2.24, 2.45) is 0 Å². The third-order valence-corrected chi connectivity index (χ3v) is 5.60. The molecule has 3 heterocycles. The third-order valence-electron chi connectivity index (χ3n) is 5.19. The first-order chi connectivity index (χ1) is 13.4. The Morgan fingerprint density at radius 1 is 1.29 bits per heavy atom. The summed E-state index contributed by atoms with van der Waals surface area (Å²) in [4.78, 5) is 47.0. The second kappa shape index (κ2) is 7.27. The molecule has 2 aromatic rings. The van der Waals surface area contributed by atoms with Crippen molar-refractivity contribution in [2.45, 2.75) is 32.1 Å². The number of nitrogens with one attached hydrogen (secondary N) is 3. The van der Waals surface area contributed by atoms with E-state index in [0.717, 1.165) is 31.5 Å². The van der Waals surface area contributed by atoms with Crippen LogP contribution in [0.3, 0.4) is 0 Å². The molecular weight excluding hydrogens is 382 g/mol. The van der Waals surface area contributed by atoms with Crippen molar-refractivity contribution in [3.63, 3.8) is 0 Å². The van der Waals surface area contributed by atoms with Gasteiger partial charge in [0.2, 0.25) is 17.8 Å². The van der Waals surface area contributed by atoms with Crippen molar-refractivity contribution in [3.8, 4) is 0 Å². The molecule has 28 heavy (non-hydrogen) atoms. The number of benzene rings is 1. The highest BCUT2D eigenvalue weighted by Gasteiger charge is 2.35. The number of hydrogen-bond acceptors (Lipinski definition) is 5. The molecular formula is C19H20ClN5O3. The molecule has 9 heteroatoms. The minimum absolute atomic E-state index is 0.119. The van der Waals surface area contributed by atoms with Crippen LogP contribution in [0.15, 0.2) is 23.0 Å². The third kappa shape index (κ3) is 3.35. The molecule has 1 saturated heterocycles. The standard InChI is InChI=1S/C19H20ClN5O3/c1-10-12(20)5-4-6-13(10)21-17(27)11-9-14(26)22-16-15(11)18(28)24-19(23-16)25-7-2-3-8-25/h4-6,11H,2-3,7-9H2,1H3,(H,21,27)(H2,22,23,24,26,28)/t11-/m0/s1. The van der Waals surface area contributed by atoms with Gasteiger partial charge in [-0.3, -0.25) is 19.4 Å². The molecule has 0 bridgehead atoms. The molecule has 1 aromatic carbocycles. The molecule has 1 fully saturated rings. The number of hydrogen-bond donors (Lipinski definition) is 3. The molecule has 8 nitrogen and oxygen atoms in total. The molecule has 0 aliphatic carbocycles. The van der Waals surface area contributed by atoms with Gasteiger partial charge in [0.25, 0.3) is 5.56 Å². The number of rotatable bonds is 3. The molecule has 0 saturated carbocycles. The number of H-pyrrole nitrogens is 1. The fraction of sp³-hybridized carbons (Fsp3) is 0.368. The number of carbonyl (C=O) groups excluding carboxylic acids is 2. The van der Waals surface area contributed by atoms with Gasteiger partial charge in [-0.2, -0.15) is 4.98 Å². The van der Waals surface area contributed by atoms with Crippen LogP contribution in [0.1, 0.15) is 36.3 Å². The molecule has 1 atom stereocenters. The van der Waals surface area contributed by atoms with Gasteiger partial charge >= 0.3 is 0 Å². The first kappa shape index (κ1) is 18.5. The van der Waals surface area contributed by atoms with Crippen LogP contribution in [0.4, 0.5) is 17.5 Å². The number of carbonyl (C=O) groups is 2. The van der Waals surface area contributed by atoms with Crippen LogP contribution in [-0.4, -0.2) is 34.9 Å². The van der Waals surface area contributed by atoms with Gasteiger partial charge in [0.1, 0.15) is 5.82 Å². The van der Waals surface area contributed by atoms with Crippen LogP contribution in [0.2, 0.25) is 5.02 Å². The summed E-state index contributed by atoms with van der Waals surface area (Å²) in [5.41, 5.74) is 1.03. The van der Waals surface area contributed by atoms with Gasteiger partial charge in [-0.25, -0.2) is 0 Å². The first-order valence-corrected chi connectivity index (χ1v) is 9.57. The second-order valence-electron chi connectivity index (χ2n) is 7.05. The Hall–Kier alpha value is -2.87. The number of anilines is 3. The van der Waals surface area contributed by atoms with Gasteiger partial charge in [-0.15, -0.1) is 0 Å². The smallest absolute Gasteiger partial charge is 0.258 e. The lowest BCUT2D eigenvalue weighted by atomic mass is 9.92. The van der Waals surface area contributed by atoms with Crippen LogP contribution < -0.4 is 21.1 Å². The second-order valence-corrected chi connectivity index (χ2v) is 7.46. The van der Waals surface area contributed by atoms with Gasteiger partial charge in [0, 0.05) is 30.2 Å². The van der Waals surface area contributed by atoms with Crippen molar-refractivity contribution < 1.29 is 9.59 Å². The summed E-state index contributed by atoms with van der Waals surface area (Å²) < 4.78 is 0. The van der Waals surface area contributed by atoms with E-state index in [0.29, 0.717) is 16.7 Å². The zero-order chi connectivity index (χ0) is 19.8. The maximum Gasteiger partial charge on any atom is 0.258 e. The van der Waals surface area contributed by atoms with E-state index in [1.54, 1.807) is 25.1 Å². The van der Waals surface area contributed by atoms with Gasteiger partial charge in [0.05, 0.1) is 11.5 Å². The lowest BCUT2D eigenvalue weighted by molar-refractivity contribution is -0.123. The summed E-state index contributed by atoms with van der Waals surface area (Å²) in [6, 6.07) is 5.18. The Balaban J connectivity index is 1.68. The average Bonchev–Trinajstić information content (AvgIpc) is 3.19. The topological polar surface area (TPSA) is 107 Å². The maximum atomic E-state index is 12.9. The predicted octanol–water partition coefficient (Wildman–Crippen LogP) is 2.40. The number of fused-ring (bicyclic) bond motifs is 1. The molecule has 2 aliphatic rings. The van der Waals surface area contributed by atoms with E-state index in [1.807, 2.05) is 4.90 Å². The predicted molar refractivity (Wildman–Crippen MR) is 107 cm³/mol. The Bertz CT molecular complexity index is 1010.